The van der Waals surface area contributed by atoms with E-state index in [9.17, 15) is 18.0 Å². The van der Waals surface area contributed by atoms with Crippen molar-refractivity contribution >= 4 is 5.97 Å². The molecule has 2 rings (SSSR count). The van der Waals surface area contributed by atoms with E-state index in [1.54, 1.807) is 18.2 Å². The molecule has 3 N–H and O–H groups in total. The predicted molar refractivity (Wildman–Crippen MR) is 72.1 cm³/mol. The van der Waals surface area contributed by atoms with E-state index in [0.717, 1.165) is 18.2 Å². The highest BCUT2D eigenvalue weighted by atomic mass is 19.1. The number of rotatable bonds is 3. The zero-order valence-corrected chi connectivity index (χ0v) is 11.0. The molecule has 0 saturated carbocycles. The molecule has 0 amide bonds. The van der Waals surface area contributed by atoms with Gasteiger partial charge in [0.1, 0.15) is 23.5 Å². The fourth-order valence-corrected chi connectivity index (χ4v) is 1.48. The first-order valence-corrected chi connectivity index (χ1v) is 6.02. The fraction of sp³-hybridized carbons (Fsp3) is 0.133. The molecule has 2 aromatic carbocycles. The van der Waals surface area contributed by atoms with Crippen LogP contribution in [0.4, 0.5) is 13.2 Å². The molecule has 0 heterocycles. The second-order valence-corrected chi connectivity index (χ2v) is 4.22. The molecule has 0 saturated heterocycles. The number of halogens is 3. The lowest BCUT2D eigenvalue weighted by atomic mass is 10.1. The standard InChI is InChI=1S/C9H9F2NO2.C6H5F/c10-6-1-5(2-7(11)4-6)3-8(12)9(13)14;7-6-4-2-1-3-5-6/h1-2,4,8H,3,12H2,(H,13,14);1-5H. The number of carboxylic acids is 1. The van der Waals surface area contributed by atoms with Crippen LogP contribution in [0.3, 0.4) is 0 Å². The Morgan fingerprint density at radius 1 is 1.00 bits per heavy atom. The van der Waals surface area contributed by atoms with Crippen LogP contribution in [0.2, 0.25) is 0 Å². The Kier molecular flexibility index (Phi) is 6.42. The summed E-state index contributed by atoms with van der Waals surface area (Å²) in [5, 5.41) is 8.47. The van der Waals surface area contributed by atoms with Crippen molar-refractivity contribution in [1.82, 2.24) is 0 Å². The first-order valence-electron chi connectivity index (χ1n) is 6.02. The number of carboxylic acid groups (broad SMARTS) is 1. The van der Waals surface area contributed by atoms with Crippen LogP contribution >= 0.6 is 0 Å². The number of hydrogen-bond acceptors (Lipinski definition) is 2. The Labute approximate surface area is 119 Å². The van der Waals surface area contributed by atoms with Crippen molar-refractivity contribution in [3.05, 3.63) is 71.5 Å². The predicted octanol–water partition coefficient (Wildman–Crippen LogP) is 2.74. The Bertz CT molecular complexity index is 570. The van der Waals surface area contributed by atoms with Crippen molar-refractivity contribution in [2.75, 3.05) is 0 Å². The van der Waals surface area contributed by atoms with Crippen molar-refractivity contribution in [2.24, 2.45) is 5.73 Å². The maximum absolute atomic E-state index is 12.7. The van der Waals surface area contributed by atoms with Gasteiger partial charge in [-0.1, -0.05) is 18.2 Å². The smallest absolute Gasteiger partial charge is 0.320 e. The number of aliphatic carboxylic acids is 1. The van der Waals surface area contributed by atoms with Gasteiger partial charge >= 0.3 is 5.97 Å². The van der Waals surface area contributed by atoms with Gasteiger partial charge in [0, 0.05) is 6.07 Å². The normalized spacial score (nSPS) is 11.2. The van der Waals surface area contributed by atoms with Crippen molar-refractivity contribution in [3.63, 3.8) is 0 Å². The van der Waals surface area contributed by atoms with Crippen molar-refractivity contribution in [3.8, 4) is 0 Å². The van der Waals surface area contributed by atoms with E-state index in [-0.39, 0.29) is 17.8 Å². The van der Waals surface area contributed by atoms with Gasteiger partial charge in [0.15, 0.2) is 0 Å². The van der Waals surface area contributed by atoms with Crippen LogP contribution in [0, 0.1) is 17.5 Å². The molecule has 21 heavy (non-hydrogen) atoms. The van der Waals surface area contributed by atoms with Gasteiger partial charge in [-0.15, -0.1) is 0 Å². The van der Waals surface area contributed by atoms with Gasteiger partial charge in [-0.2, -0.15) is 0 Å². The van der Waals surface area contributed by atoms with Crippen molar-refractivity contribution in [2.45, 2.75) is 12.5 Å². The number of nitrogens with two attached hydrogens (primary N) is 1. The molecule has 0 aliphatic carbocycles. The molecule has 0 aliphatic rings. The van der Waals surface area contributed by atoms with Crippen LogP contribution < -0.4 is 5.73 Å². The average Bonchev–Trinajstić information content (AvgIpc) is 2.38. The molecular weight excluding hydrogens is 283 g/mol. The number of hydrogen-bond donors (Lipinski definition) is 2. The highest BCUT2D eigenvalue weighted by Crippen LogP contribution is 2.09. The third-order valence-electron chi connectivity index (χ3n) is 2.43. The van der Waals surface area contributed by atoms with Crippen LogP contribution in [-0.2, 0) is 11.2 Å². The zero-order chi connectivity index (χ0) is 15.8. The maximum Gasteiger partial charge on any atom is 0.320 e. The molecule has 3 nitrogen and oxygen atoms in total. The summed E-state index contributed by atoms with van der Waals surface area (Å²) in [5.74, 6) is -2.85. The summed E-state index contributed by atoms with van der Waals surface area (Å²) >= 11 is 0. The molecule has 1 atom stereocenters. The van der Waals surface area contributed by atoms with Crippen LogP contribution in [0.15, 0.2) is 48.5 Å². The Morgan fingerprint density at radius 3 is 1.90 bits per heavy atom. The summed E-state index contributed by atoms with van der Waals surface area (Å²) in [5.41, 5.74) is 5.44. The van der Waals surface area contributed by atoms with Gasteiger partial charge in [0.05, 0.1) is 0 Å². The van der Waals surface area contributed by atoms with Crippen LogP contribution in [0.25, 0.3) is 0 Å². The largest absolute Gasteiger partial charge is 0.480 e. The summed E-state index contributed by atoms with van der Waals surface area (Å²) in [6.45, 7) is 0. The highest BCUT2D eigenvalue weighted by Gasteiger charge is 2.13. The molecule has 0 fully saturated rings. The van der Waals surface area contributed by atoms with E-state index in [0.29, 0.717) is 0 Å². The molecule has 0 spiro atoms. The summed E-state index contributed by atoms with van der Waals surface area (Å²) in [6.07, 6.45) is -0.0932. The quantitative estimate of drug-likeness (QED) is 0.915. The number of carbonyl (C=O) groups is 1. The Balaban J connectivity index is 0.000000262. The third kappa shape index (κ3) is 6.58. The van der Waals surface area contributed by atoms with E-state index >= 15 is 0 Å². The van der Waals surface area contributed by atoms with E-state index in [4.69, 9.17) is 10.8 Å². The lowest BCUT2D eigenvalue weighted by Crippen LogP contribution is -2.32. The van der Waals surface area contributed by atoms with Crippen LogP contribution in [0.5, 0.6) is 0 Å². The second-order valence-electron chi connectivity index (χ2n) is 4.22. The summed E-state index contributed by atoms with van der Waals surface area (Å²) in [7, 11) is 0. The minimum absolute atomic E-state index is 0.0932. The second kappa shape index (κ2) is 8.06. The van der Waals surface area contributed by atoms with Gasteiger partial charge in [-0.05, 0) is 36.2 Å². The van der Waals surface area contributed by atoms with E-state index in [2.05, 4.69) is 0 Å². The average molecular weight is 297 g/mol. The maximum atomic E-state index is 12.7. The zero-order valence-electron chi connectivity index (χ0n) is 11.0. The van der Waals surface area contributed by atoms with Crippen LogP contribution in [-0.4, -0.2) is 17.1 Å². The van der Waals surface area contributed by atoms with E-state index < -0.39 is 23.6 Å². The summed E-state index contributed by atoms with van der Waals surface area (Å²) < 4.78 is 37.2. The molecular formula is C15H14F3NO2. The Morgan fingerprint density at radius 2 is 1.52 bits per heavy atom. The van der Waals surface area contributed by atoms with Gasteiger partial charge in [-0.25, -0.2) is 13.2 Å². The first kappa shape index (κ1) is 16.7. The number of benzene rings is 2. The monoisotopic (exact) mass is 297 g/mol. The van der Waals surface area contributed by atoms with Gasteiger partial charge in [0.2, 0.25) is 0 Å². The van der Waals surface area contributed by atoms with Gasteiger partial charge in [-0.3, -0.25) is 4.79 Å². The minimum Gasteiger partial charge on any atom is -0.480 e. The van der Waals surface area contributed by atoms with Crippen molar-refractivity contribution < 1.29 is 23.1 Å². The summed E-state index contributed by atoms with van der Waals surface area (Å²) in [6, 6.07) is 9.64. The van der Waals surface area contributed by atoms with Crippen molar-refractivity contribution in [1.29, 1.82) is 0 Å². The molecule has 0 aromatic heterocycles. The molecule has 0 aliphatic heterocycles. The molecule has 112 valence electrons. The molecule has 2 aromatic rings. The molecule has 0 radical (unpaired) electrons. The molecule has 1 unspecified atom stereocenters. The molecule has 0 bridgehead atoms. The van der Waals surface area contributed by atoms with E-state index in [1.165, 1.54) is 12.1 Å². The highest BCUT2D eigenvalue weighted by molar-refractivity contribution is 5.73. The molecule has 6 heteroatoms. The lowest BCUT2D eigenvalue weighted by molar-refractivity contribution is -0.138. The summed E-state index contributed by atoms with van der Waals surface area (Å²) in [4.78, 5) is 10.4. The SMILES string of the molecule is Fc1ccccc1.NC(Cc1cc(F)cc(F)c1)C(=O)O. The topological polar surface area (TPSA) is 63.3 Å². The van der Waals surface area contributed by atoms with E-state index in [1.807, 2.05) is 0 Å². The Hall–Kier alpha value is -2.34. The minimum atomic E-state index is -1.20. The fourth-order valence-electron chi connectivity index (χ4n) is 1.48. The lowest BCUT2D eigenvalue weighted by Gasteiger charge is -2.06. The van der Waals surface area contributed by atoms with Gasteiger partial charge < -0.3 is 10.8 Å². The van der Waals surface area contributed by atoms with Crippen LogP contribution in [0.1, 0.15) is 5.56 Å². The van der Waals surface area contributed by atoms with Gasteiger partial charge in [0.25, 0.3) is 0 Å². The third-order valence-corrected chi connectivity index (χ3v) is 2.43. The first-order chi connectivity index (χ1) is 9.88.